The van der Waals surface area contributed by atoms with Crippen LogP contribution < -0.4 is 0 Å². The molecule has 0 saturated heterocycles. The van der Waals surface area contributed by atoms with E-state index >= 15 is 0 Å². The zero-order chi connectivity index (χ0) is 10.7. The number of ketones is 1. The summed E-state index contributed by atoms with van der Waals surface area (Å²) in [5.41, 5.74) is 3.38. The van der Waals surface area contributed by atoms with E-state index in [0.717, 1.165) is 11.1 Å². The predicted octanol–water partition coefficient (Wildman–Crippen LogP) is 3.33. The van der Waals surface area contributed by atoms with E-state index in [9.17, 15) is 4.79 Å². The molecule has 14 heavy (non-hydrogen) atoms. The Labute approximate surface area is 85.5 Å². The Balaban J connectivity index is 3.08. The molecule has 1 aromatic rings. The summed E-state index contributed by atoms with van der Waals surface area (Å²) in [6.07, 6.45) is 1.83. The third-order valence-electron chi connectivity index (χ3n) is 2.62. The van der Waals surface area contributed by atoms with Crippen molar-refractivity contribution in [2.75, 3.05) is 0 Å². The van der Waals surface area contributed by atoms with Gasteiger partial charge in [0.25, 0.3) is 0 Å². The Morgan fingerprint density at radius 1 is 1.50 bits per heavy atom. The number of hydrogen-bond acceptors (Lipinski definition) is 1. The minimum atomic E-state index is -0.00688. The van der Waals surface area contributed by atoms with Crippen molar-refractivity contribution in [3.8, 4) is 0 Å². The highest BCUT2D eigenvalue weighted by molar-refractivity contribution is 5.83. The van der Waals surface area contributed by atoms with E-state index in [1.807, 2.05) is 32.1 Å². The largest absolute Gasteiger partial charge is 0.299 e. The van der Waals surface area contributed by atoms with Crippen LogP contribution in [-0.4, -0.2) is 5.78 Å². The first kappa shape index (κ1) is 10.7. The summed E-state index contributed by atoms with van der Waals surface area (Å²) in [6.45, 7) is 9.33. The molecule has 0 saturated carbocycles. The van der Waals surface area contributed by atoms with Gasteiger partial charge in [-0.3, -0.25) is 4.79 Å². The minimum Gasteiger partial charge on any atom is -0.299 e. The van der Waals surface area contributed by atoms with E-state index in [4.69, 9.17) is 0 Å². The molecule has 1 nitrogen and oxygen atoms in total. The molecule has 1 aromatic carbocycles. The Morgan fingerprint density at radius 3 is 2.57 bits per heavy atom. The first-order chi connectivity index (χ1) is 6.56. The molecule has 0 heterocycles. The van der Waals surface area contributed by atoms with E-state index in [0.29, 0.717) is 0 Å². The molecule has 1 heteroatoms. The lowest BCUT2D eigenvalue weighted by Crippen LogP contribution is -2.04. The Kier molecular flexibility index (Phi) is 3.23. The smallest absolute Gasteiger partial charge is 0.136 e. The maximum Gasteiger partial charge on any atom is 0.136 e. The third-order valence-corrected chi connectivity index (χ3v) is 2.62. The van der Waals surface area contributed by atoms with Gasteiger partial charge in [-0.1, -0.05) is 37.8 Å². The van der Waals surface area contributed by atoms with Crippen molar-refractivity contribution < 1.29 is 4.79 Å². The summed E-state index contributed by atoms with van der Waals surface area (Å²) >= 11 is 0. The van der Waals surface area contributed by atoms with Crippen LogP contribution in [0, 0.1) is 6.92 Å². The van der Waals surface area contributed by atoms with Crippen molar-refractivity contribution in [3.05, 3.63) is 41.5 Å². The fourth-order valence-corrected chi connectivity index (χ4v) is 1.43. The van der Waals surface area contributed by atoms with E-state index in [1.54, 1.807) is 6.92 Å². The summed E-state index contributed by atoms with van der Waals surface area (Å²) in [6, 6.07) is 6.07. The zero-order valence-corrected chi connectivity index (χ0v) is 9.00. The van der Waals surface area contributed by atoms with Crippen molar-refractivity contribution in [1.29, 1.82) is 0 Å². The van der Waals surface area contributed by atoms with Crippen molar-refractivity contribution in [1.82, 2.24) is 0 Å². The molecule has 1 unspecified atom stereocenters. The van der Waals surface area contributed by atoms with Gasteiger partial charge in [0.05, 0.1) is 0 Å². The normalized spacial score (nSPS) is 12.2. The Hall–Kier alpha value is -1.37. The molecule has 0 aliphatic heterocycles. The summed E-state index contributed by atoms with van der Waals surface area (Å²) in [5.74, 6) is 0.198. The predicted molar refractivity (Wildman–Crippen MR) is 60.4 cm³/mol. The van der Waals surface area contributed by atoms with Crippen LogP contribution in [0.1, 0.15) is 36.5 Å². The molecule has 0 aliphatic carbocycles. The van der Waals surface area contributed by atoms with Crippen LogP contribution in [0.3, 0.4) is 0 Å². The molecule has 0 radical (unpaired) electrons. The third kappa shape index (κ3) is 2.11. The van der Waals surface area contributed by atoms with Crippen molar-refractivity contribution >= 4 is 11.9 Å². The lowest BCUT2D eigenvalue weighted by molar-refractivity contribution is -0.118. The number of benzene rings is 1. The van der Waals surface area contributed by atoms with Gasteiger partial charge in [0.15, 0.2) is 0 Å². The average Bonchev–Trinajstić information content (AvgIpc) is 2.16. The van der Waals surface area contributed by atoms with Gasteiger partial charge in [0.1, 0.15) is 5.78 Å². The molecular weight excluding hydrogens is 172 g/mol. The Bertz CT molecular complexity index is 363. The quantitative estimate of drug-likeness (QED) is 0.711. The van der Waals surface area contributed by atoms with E-state index in [2.05, 4.69) is 12.6 Å². The van der Waals surface area contributed by atoms with E-state index < -0.39 is 0 Å². The van der Waals surface area contributed by atoms with Gasteiger partial charge in [-0.25, -0.2) is 0 Å². The highest BCUT2D eigenvalue weighted by Crippen LogP contribution is 2.20. The summed E-state index contributed by atoms with van der Waals surface area (Å²) < 4.78 is 0. The van der Waals surface area contributed by atoms with E-state index in [-0.39, 0.29) is 11.7 Å². The minimum absolute atomic E-state index is 0.00688. The molecule has 1 atom stereocenters. The lowest BCUT2D eigenvalue weighted by atomic mass is 9.94. The topological polar surface area (TPSA) is 17.1 Å². The first-order valence-electron chi connectivity index (χ1n) is 4.79. The molecule has 1 rings (SSSR count). The summed E-state index contributed by atoms with van der Waals surface area (Å²) in [7, 11) is 0. The van der Waals surface area contributed by atoms with Gasteiger partial charge in [-0.15, -0.1) is 0 Å². The highest BCUT2D eigenvalue weighted by Gasteiger charge is 2.10. The monoisotopic (exact) mass is 188 g/mol. The fraction of sp³-hybridized carbons (Fsp3) is 0.308. The van der Waals surface area contributed by atoms with Gasteiger partial charge in [-0.05, 0) is 30.5 Å². The molecule has 0 N–H and O–H groups in total. The van der Waals surface area contributed by atoms with Crippen LogP contribution in [0.5, 0.6) is 0 Å². The lowest BCUT2D eigenvalue weighted by Gasteiger charge is -2.10. The molecule has 0 amide bonds. The number of rotatable bonds is 3. The molecule has 0 fully saturated rings. The van der Waals surface area contributed by atoms with Crippen molar-refractivity contribution in [3.63, 3.8) is 0 Å². The van der Waals surface area contributed by atoms with Crippen LogP contribution in [0.15, 0.2) is 24.8 Å². The molecule has 0 bridgehead atoms. The van der Waals surface area contributed by atoms with Gasteiger partial charge in [-0.2, -0.15) is 0 Å². The maximum absolute atomic E-state index is 11.2. The van der Waals surface area contributed by atoms with Gasteiger partial charge < -0.3 is 0 Å². The van der Waals surface area contributed by atoms with Crippen LogP contribution in [-0.2, 0) is 4.79 Å². The molecule has 0 spiro atoms. The standard InChI is InChI=1S/C13H16O/c1-5-12-6-7-13(8-9(12)2)10(3)11(4)14/h5-8,10H,1H2,2-4H3. The highest BCUT2D eigenvalue weighted by atomic mass is 16.1. The second-order valence-corrected chi connectivity index (χ2v) is 3.65. The number of carbonyl (C=O) groups excluding carboxylic acids is 1. The second kappa shape index (κ2) is 4.23. The molecule has 74 valence electrons. The van der Waals surface area contributed by atoms with Crippen molar-refractivity contribution in [2.45, 2.75) is 26.7 Å². The Morgan fingerprint density at radius 2 is 2.14 bits per heavy atom. The van der Waals surface area contributed by atoms with Gasteiger partial charge >= 0.3 is 0 Å². The van der Waals surface area contributed by atoms with Crippen LogP contribution in [0.4, 0.5) is 0 Å². The number of carbonyl (C=O) groups is 1. The van der Waals surface area contributed by atoms with Crippen molar-refractivity contribution in [2.24, 2.45) is 0 Å². The number of aryl methyl sites for hydroxylation is 1. The SMILES string of the molecule is C=Cc1ccc(C(C)C(C)=O)cc1C. The zero-order valence-electron chi connectivity index (χ0n) is 9.00. The number of Topliss-reactive ketones (excluding diaryl/α,β-unsaturated/α-hetero) is 1. The summed E-state index contributed by atoms with van der Waals surface area (Å²) in [5, 5.41) is 0. The first-order valence-corrected chi connectivity index (χ1v) is 4.79. The fourth-order valence-electron chi connectivity index (χ4n) is 1.43. The van der Waals surface area contributed by atoms with Crippen LogP contribution in [0.25, 0.3) is 6.08 Å². The van der Waals surface area contributed by atoms with E-state index in [1.165, 1.54) is 5.56 Å². The molecule has 0 aliphatic rings. The second-order valence-electron chi connectivity index (χ2n) is 3.65. The number of hydrogen-bond donors (Lipinski definition) is 0. The molecule has 0 aromatic heterocycles. The van der Waals surface area contributed by atoms with Gasteiger partial charge in [0, 0.05) is 5.92 Å². The maximum atomic E-state index is 11.2. The summed E-state index contributed by atoms with van der Waals surface area (Å²) in [4.78, 5) is 11.2. The van der Waals surface area contributed by atoms with Gasteiger partial charge in [0.2, 0.25) is 0 Å². The van der Waals surface area contributed by atoms with Crippen LogP contribution in [0.2, 0.25) is 0 Å². The van der Waals surface area contributed by atoms with Crippen LogP contribution >= 0.6 is 0 Å². The molecular formula is C13H16O. The average molecular weight is 188 g/mol.